The summed E-state index contributed by atoms with van der Waals surface area (Å²) in [4.78, 5) is 27.9. The standard InChI is InChI=1S/C26H37ClN4O4/c1-14-9-21-17(11-18(14)27)19(12-26(4,5)35-21)29-23(33)16-10-15(16)20(7-8-34-6)31-22(32)13-25(2,3)30-24(31)28/h9,11,15-16,19-20H,7-8,10,12-13H2,1-6H3,(H2,28,30)(H,29,33)/t15-,16-,19?,20-/m1/s1. The first kappa shape index (κ1) is 25.8. The average molecular weight is 505 g/mol. The van der Waals surface area contributed by atoms with Crippen molar-refractivity contribution in [3.63, 3.8) is 0 Å². The van der Waals surface area contributed by atoms with E-state index in [0.29, 0.717) is 37.3 Å². The smallest absolute Gasteiger partial charge is 0.231 e. The SMILES string of the molecule is COCC[C@H]([C@@H]1C[C@H]1C(=O)NC1CC(C)(C)Oc2cc(C)c(Cl)cc21)N1C(=N)NC(C)(C)CC1=O. The van der Waals surface area contributed by atoms with E-state index in [2.05, 4.69) is 10.6 Å². The molecule has 1 aliphatic carbocycles. The molecule has 2 aliphatic heterocycles. The molecule has 2 heterocycles. The Labute approximate surface area is 212 Å². The van der Waals surface area contributed by atoms with Crippen LogP contribution in [0.1, 0.15) is 70.5 Å². The number of carbonyl (C=O) groups is 2. The van der Waals surface area contributed by atoms with Gasteiger partial charge in [-0.2, -0.15) is 0 Å². The highest BCUT2D eigenvalue weighted by Crippen LogP contribution is 2.47. The molecule has 1 aromatic rings. The summed E-state index contributed by atoms with van der Waals surface area (Å²) >= 11 is 6.40. The number of benzene rings is 1. The van der Waals surface area contributed by atoms with E-state index >= 15 is 0 Å². The Bertz CT molecular complexity index is 1020. The van der Waals surface area contributed by atoms with Gasteiger partial charge in [0.1, 0.15) is 11.4 Å². The van der Waals surface area contributed by atoms with Crippen molar-refractivity contribution in [1.82, 2.24) is 15.5 Å². The molecule has 2 amide bonds. The highest BCUT2D eigenvalue weighted by atomic mass is 35.5. The molecule has 4 atom stereocenters. The largest absolute Gasteiger partial charge is 0.487 e. The van der Waals surface area contributed by atoms with Crippen molar-refractivity contribution >= 4 is 29.4 Å². The van der Waals surface area contributed by atoms with Crippen LogP contribution < -0.4 is 15.4 Å². The fraction of sp³-hybridized carbons (Fsp3) is 0.654. The number of halogens is 1. The Kier molecular flexibility index (Phi) is 6.83. The molecule has 0 aromatic heterocycles. The number of rotatable bonds is 7. The summed E-state index contributed by atoms with van der Waals surface area (Å²) in [5.74, 6) is 0.487. The van der Waals surface area contributed by atoms with Gasteiger partial charge in [0.05, 0.1) is 6.04 Å². The Morgan fingerprint density at radius 3 is 2.74 bits per heavy atom. The first-order valence-corrected chi connectivity index (χ1v) is 12.7. The molecular weight excluding hydrogens is 468 g/mol. The maximum atomic E-state index is 13.4. The molecule has 1 aromatic carbocycles. The maximum absolute atomic E-state index is 13.4. The Hall–Kier alpha value is -2.32. The van der Waals surface area contributed by atoms with Gasteiger partial charge in [-0.25, -0.2) is 0 Å². The number of hydrogen-bond acceptors (Lipinski definition) is 5. The fourth-order valence-corrected chi connectivity index (χ4v) is 5.63. The van der Waals surface area contributed by atoms with Crippen LogP contribution in [0.3, 0.4) is 0 Å². The van der Waals surface area contributed by atoms with E-state index in [1.807, 2.05) is 46.8 Å². The number of ether oxygens (including phenoxy) is 2. The van der Waals surface area contributed by atoms with Crippen LogP contribution in [0.25, 0.3) is 0 Å². The van der Waals surface area contributed by atoms with Gasteiger partial charge in [0.25, 0.3) is 0 Å². The molecular formula is C26H37ClN4O4. The van der Waals surface area contributed by atoms with Gasteiger partial charge in [-0.05, 0) is 71.1 Å². The number of guanidine groups is 1. The van der Waals surface area contributed by atoms with Gasteiger partial charge in [-0.15, -0.1) is 0 Å². The zero-order valence-corrected chi connectivity index (χ0v) is 22.2. The van der Waals surface area contributed by atoms with Gasteiger partial charge in [0, 0.05) is 54.6 Å². The van der Waals surface area contributed by atoms with Crippen molar-refractivity contribution < 1.29 is 19.1 Å². The number of amides is 2. The molecule has 3 N–H and O–H groups in total. The predicted molar refractivity (Wildman–Crippen MR) is 135 cm³/mol. The highest BCUT2D eigenvalue weighted by Gasteiger charge is 2.53. The number of methoxy groups -OCH3 is 1. The topological polar surface area (TPSA) is 104 Å². The molecule has 1 saturated heterocycles. The second-order valence-corrected chi connectivity index (χ2v) is 11.8. The monoisotopic (exact) mass is 504 g/mol. The van der Waals surface area contributed by atoms with Crippen LogP contribution in [0.15, 0.2) is 12.1 Å². The molecule has 3 aliphatic rings. The van der Waals surface area contributed by atoms with Gasteiger partial charge in [0.15, 0.2) is 5.96 Å². The zero-order chi connectivity index (χ0) is 25.7. The van der Waals surface area contributed by atoms with Crippen LogP contribution in [-0.4, -0.2) is 53.6 Å². The summed E-state index contributed by atoms with van der Waals surface area (Å²) < 4.78 is 11.5. The minimum Gasteiger partial charge on any atom is -0.487 e. The molecule has 9 heteroatoms. The number of fused-ring (bicyclic) bond motifs is 1. The molecule has 0 bridgehead atoms. The Morgan fingerprint density at radius 1 is 1.37 bits per heavy atom. The molecule has 0 spiro atoms. The molecule has 192 valence electrons. The van der Waals surface area contributed by atoms with Gasteiger partial charge in [-0.3, -0.25) is 19.9 Å². The second-order valence-electron chi connectivity index (χ2n) is 11.4. The lowest BCUT2D eigenvalue weighted by Crippen LogP contribution is -2.63. The summed E-state index contributed by atoms with van der Waals surface area (Å²) in [6.07, 6.45) is 2.18. The van der Waals surface area contributed by atoms with Gasteiger partial charge in [-0.1, -0.05) is 11.6 Å². The number of nitrogens with one attached hydrogen (secondary N) is 3. The van der Waals surface area contributed by atoms with Gasteiger partial charge < -0.3 is 20.1 Å². The third kappa shape index (κ3) is 5.43. The molecule has 4 rings (SSSR count). The van der Waals surface area contributed by atoms with E-state index < -0.39 is 11.1 Å². The van der Waals surface area contributed by atoms with E-state index in [9.17, 15) is 9.59 Å². The third-order valence-corrected chi connectivity index (χ3v) is 7.65. The summed E-state index contributed by atoms with van der Waals surface area (Å²) in [7, 11) is 1.62. The van der Waals surface area contributed by atoms with Crippen LogP contribution in [0.2, 0.25) is 5.02 Å². The van der Waals surface area contributed by atoms with Crippen molar-refractivity contribution in [3.8, 4) is 5.75 Å². The molecule has 0 radical (unpaired) electrons. The van der Waals surface area contributed by atoms with Crippen LogP contribution in [0.5, 0.6) is 5.75 Å². The van der Waals surface area contributed by atoms with Crippen LogP contribution >= 0.6 is 11.6 Å². The van der Waals surface area contributed by atoms with Crippen molar-refractivity contribution in [3.05, 3.63) is 28.3 Å². The van der Waals surface area contributed by atoms with Crippen LogP contribution in [0.4, 0.5) is 0 Å². The highest BCUT2D eigenvalue weighted by molar-refractivity contribution is 6.31. The predicted octanol–water partition coefficient (Wildman–Crippen LogP) is 3.94. The number of carbonyl (C=O) groups excluding carboxylic acids is 2. The third-order valence-electron chi connectivity index (χ3n) is 7.24. The Balaban J connectivity index is 1.50. The van der Waals surface area contributed by atoms with E-state index in [1.54, 1.807) is 7.11 Å². The number of nitrogens with zero attached hydrogens (tertiary/aromatic N) is 1. The van der Waals surface area contributed by atoms with Gasteiger partial charge in [0.2, 0.25) is 11.8 Å². The molecule has 8 nitrogen and oxygen atoms in total. The first-order valence-electron chi connectivity index (χ1n) is 12.3. The fourth-order valence-electron chi connectivity index (χ4n) is 5.46. The lowest BCUT2D eigenvalue weighted by atomic mass is 9.89. The van der Waals surface area contributed by atoms with Crippen molar-refractivity contribution in [2.45, 2.75) is 83.5 Å². The average Bonchev–Trinajstić information content (AvgIpc) is 3.51. The van der Waals surface area contributed by atoms with E-state index in [1.165, 1.54) is 4.90 Å². The molecule has 1 unspecified atom stereocenters. The second kappa shape index (κ2) is 9.28. The number of hydrogen-bond donors (Lipinski definition) is 3. The molecule has 1 saturated carbocycles. The van der Waals surface area contributed by atoms with Crippen molar-refractivity contribution in [1.29, 1.82) is 5.41 Å². The van der Waals surface area contributed by atoms with E-state index in [0.717, 1.165) is 16.9 Å². The van der Waals surface area contributed by atoms with E-state index in [-0.39, 0.29) is 41.7 Å². The quantitative estimate of drug-likeness (QED) is 0.521. The van der Waals surface area contributed by atoms with Crippen molar-refractivity contribution in [2.24, 2.45) is 11.8 Å². The lowest BCUT2D eigenvalue weighted by Gasteiger charge is -2.42. The Morgan fingerprint density at radius 2 is 2.09 bits per heavy atom. The normalized spacial score (nSPS) is 27.4. The summed E-state index contributed by atoms with van der Waals surface area (Å²) in [6.45, 7) is 10.2. The number of aryl methyl sites for hydroxylation is 1. The minimum absolute atomic E-state index is 0.0219. The van der Waals surface area contributed by atoms with Crippen molar-refractivity contribution in [2.75, 3.05) is 13.7 Å². The summed E-state index contributed by atoms with van der Waals surface area (Å²) in [5, 5.41) is 15.5. The molecule has 2 fully saturated rings. The van der Waals surface area contributed by atoms with Crippen LogP contribution in [0, 0.1) is 24.2 Å². The van der Waals surface area contributed by atoms with Crippen LogP contribution in [-0.2, 0) is 14.3 Å². The van der Waals surface area contributed by atoms with E-state index in [4.69, 9.17) is 26.5 Å². The first-order chi connectivity index (χ1) is 16.3. The maximum Gasteiger partial charge on any atom is 0.231 e. The zero-order valence-electron chi connectivity index (χ0n) is 21.5. The van der Waals surface area contributed by atoms with Gasteiger partial charge >= 0.3 is 0 Å². The summed E-state index contributed by atoms with van der Waals surface area (Å²) in [6, 6.07) is 3.35. The minimum atomic E-state index is -0.459. The molecule has 35 heavy (non-hydrogen) atoms. The summed E-state index contributed by atoms with van der Waals surface area (Å²) in [5.41, 5.74) is 0.936. The lowest BCUT2D eigenvalue weighted by molar-refractivity contribution is -0.133.